The first-order valence-corrected chi connectivity index (χ1v) is 10.7. The molecule has 0 spiro atoms. The predicted octanol–water partition coefficient (Wildman–Crippen LogP) is 3.44. The van der Waals surface area contributed by atoms with Gasteiger partial charge in [-0.2, -0.15) is 8.78 Å². The van der Waals surface area contributed by atoms with E-state index in [1.807, 2.05) is 0 Å². The molecule has 2 aromatic carbocycles. The van der Waals surface area contributed by atoms with Crippen LogP contribution < -0.4 is 19.6 Å². The van der Waals surface area contributed by atoms with Gasteiger partial charge in [0.15, 0.2) is 5.75 Å². The van der Waals surface area contributed by atoms with Crippen LogP contribution in [-0.2, 0) is 10.0 Å². The van der Waals surface area contributed by atoms with Crippen molar-refractivity contribution < 1.29 is 26.8 Å². The molecule has 3 aromatic rings. The summed E-state index contributed by atoms with van der Waals surface area (Å²) in [4.78, 5) is 13.1. The lowest BCUT2D eigenvalue weighted by Crippen LogP contribution is -2.37. The minimum absolute atomic E-state index is 0.0535. The number of para-hydroxylation sites is 2. The van der Waals surface area contributed by atoms with E-state index >= 15 is 0 Å². The van der Waals surface area contributed by atoms with Crippen molar-refractivity contribution in [1.29, 1.82) is 0 Å². The zero-order valence-electron chi connectivity index (χ0n) is 17.0. The van der Waals surface area contributed by atoms with Gasteiger partial charge in [0.2, 0.25) is 5.95 Å². The fraction of sp³-hybridized carbons (Fsp3) is 0.150. The maximum atomic E-state index is 12.9. The van der Waals surface area contributed by atoms with Crippen LogP contribution in [0.1, 0.15) is 11.4 Å². The monoisotopic (exact) mass is 463 g/mol. The molecule has 0 aliphatic carbocycles. The Morgan fingerprint density at radius 1 is 1.00 bits per heavy atom. The van der Waals surface area contributed by atoms with Crippen molar-refractivity contribution in [2.45, 2.75) is 25.4 Å². The van der Waals surface area contributed by atoms with Crippen LogP contribution in [-0.4, -0.2) is 31.0 Å². The first-order chi connectivity index (χ1) is 15.2. The zero-order valence-corrected chi connectivity index (χ0v) is 17.8. The van der Waals surface area contributed by atoms with Crippen molar-refractivity contribution in [1.82, 2.24) is 14.7 Å². The molecular formula is C20H19F2N5O4S. The number of aryl methyl sites for hydroxylation is 2. The van der Waals surface area contributed by atoms with Gasteiger partial charge in [-0.05, 0) is 49.3 Å². The molecule has 32 heavy (non-hydrogen) atoms. The van der Waals surface area contributed by atoms with Gasteiger partial charge in [0.25, 0.3) is 16.0 Å². The van der Waals surface area contributed by atoms with Gasteiger partial charge in [0, 0.05) is 11.4 Å². The van der Waals surface area contributed by atoms with Gasteiger partial charge in [-0.3, -0.25) is 5.32 Å². The number of anilines is 1. The Morgan fingerprint density at radius 3 is 2.28 bits per heavy atom. The van der Waals surface area contributed by atoms with Crippen molar-refractivity contribution in [2.75, 3.05) is 5.32 Å². The van der Waals surface area contributed by atoms with Crippen LogP contribution in [0, 0.1) is 13.8 Å². The number of oxime groups is 1. The van der Waals surface area contributed by atoms with Gasteiger partial charge in [-0.25, -0.2) is 23.1 Å². The molecule has 0 atom stereocenters. The molecule has 0 saturated heterocycles. The average Bonchev–Trinajstić information content (AvgIpc) is 2.72. The topological polar surface area (TPSA) is 115 Å². The molecule has 1 heterocycles. The largest absolute Gasteiger partial charge is 0.433 e. The van der Waals surface area contributed by atoms with Crippen molar-refractivity contribution in [3.8, 4) is 11.5 Å². The number of hydrogen-bond donors (Lipinski definition) is 2. The average molecular weight is 463 g/mol. The summed E-state index contributed by atoms with van der Waals surface area (Å²) < 4.78 is 57.8. The number of sulfonamides is 1. The van der Waals surface area contributed by atoms with E-state index in [9.17, 15) is 17.2 Å². The number of guanidine groups is 1. The summed E-state index contributed by atoms with van der Waals surface area (Å²) in [6.45, 7) is 0.265. The Labute approximate surface area is 183 Å². The number of alkyl halides is 2. The number of nitrogens with zero attached hydrogens (tertiary/aromatic N) is 3. The molecule has 0 aliphatic rings. The molecule has 12 heteroatoms. The Morgan fingerprint density at radius 2 is 1.62 bits per heavy atom. The molecule has 0 aliphatic heterocycles. The number of benzene rings is 2. The molecule has 0 radical (unpaired) electrons. The predicted molar refractivity (Wildman–Crippen MR) is 113 cm³/mol. The highest BCUT2D eigenvalue weighted by Crippen LogP contribution is 2.25. The van der Waals surface area contributed by atoms with Gasteiger partial charge >= 0.3 is 6.61 Å². The zero-order chi connectivity index (χ0) is 23.1. The molecule has 168 valence electrons. The lowest BCUT2D eigenvalue weighted by Gasteiger charge is -2.14. The molecule has 0 unspecified atom stereocenters. The van der Waals surface area contributed by atoms with Gasteiger partial charge < -0.3 is 9.57 Å². The first kappa shape index (κ1) is 22.9. The summed E-state index contributed by atoms with van der Waals surface area (Å²) in [7, 11) is -4.42. The minimum atomic E-state index is -4.42. The van der Waals surface area contributed by atoms with E-state index < -0.39 is 33.2 Å². The van der Waals surface area contributed by atoms with Crippen molar-refractivity contribution in [3.63, 3.8) is 0 Å². The third kappa shape index (κ3) is 6.35. The highest BCUT2D eigenvalue weighted by atomic mass is 32.2. The number of aromatic nitrogens is 2. The van der Waals surface area contributed by atoms with Gasteiger partial charge in [0.05, 0.1) is 0 Å². The van der Waals surface area contributed by atoms with E-state index in [-0.39, 0.29) is 5.95 Å². The maximum absolute atomic E-state index is 12.9. The molecule has 0 saturated carbocycles. The van der Waals surface area contributed by atoms with Crippen molar-refractivity contribution >= 4 is 21.9 Å². The third-order valence-electron chi connectivity index (χ3n) is 3.78. The summed E-state index contributed by atoms with van der Waals surface area (Å²) in [6.07, 6.45) is 0. The fourth-order valence-corrected chi connectivity index (χ4v) is 3.67. The summed E-state index contributed by atoms with van der Waals surface area (Å²) in [6, 6.07) is 15.1. The summed E-state index contributed by atoms with van der Waals surface area (Å²) in [5, 5.41) is 6.44. The number of nitrogens with one attached hydrogen (secondary N) is 2. The number of hydrogen-bond acceptors (Lipinski definition) is 7. The molecule has 0 bridgehead atoms. The fourth-order valence-electron chi connectivity index (χ4n) is 2.58. The minimum Gasteiger partial charge on any atom is -0.433 e. The van der Waals surface area contributed by atoms with Gasteiger partial charge in [-0.1, -0.05) is 30.3 Å². The van der Waals surface area contributed by atoms with E-state index in [0.717, 1.165) is 12.1 Å². The molecule has 3 rings (SSSR count). The van der Waals surface area contributed by atoms with Crippen LogP contribution in [0.2, 0.25) is 0 Å². The Hall–Kier alpha value is -3.80. The summed E-state index contributed by atoms with van der Waals surface area (Å²) in [5.74, 6) is -0.543. The summed E-state index contributed by atoms with van der Waals surface area (Å²) >= 11 is 0. The van der Waals surface area contributed by atoms with Crippen molar-refractivity contribution in [3.05, 3.63) is 72.1 Å². The van der Waals surface area contributed by atoms with Gasteiger partial charge in [0.1, 0.15) is 10.6 Å². The lowest BCUT2D eigenvalue weighted by atomic mass is 10.3. The van der Waals surface area contributed by atoms with E-state index in [0.29, 0.717) is 17.1 Å². The maximum Gasteiger partial charge on any atom is 0.387 e. The Balaban J connectivity index is 1.94. The second-order valence-electron chi connectivity index (χ2n) is 6.37. The van der Waals surface area contributed by atoms with E-state index in [4.69, 9.17) is 4.84 Å². The van der Waals surface area contributed by atoms with Crippen LogP contribution in [0.3, 0.4) is 0 Å². The molecular weight excluding hydrogens is 444 g/mol. The number of rotatable bonds is 7. The van der Waals surface area contributed by atoms with Crippen LogP contribution in [0.5, 0.6) is 11.5 Å². The highest BCUT2D eigenvalue weighted by molar-refractivity contribution is 7.90. The second kappa shape index (κ2) is 10.0. The molecule has 2 N–H and O–H groups in total. The smallest absolute Gasteiger partial charge is 0.387 e. The molecule has 0 amide bonds. The molecule has 9 nitrogen and oxygen atoms in total. The van der Waals surface area contributed by atoms with Crippen molar-refractivity contribution in [2.24, 2.45) is 5.16 Å². The highest BCUT2D eigenvalue weighted by Gasteiger charge is 2.23. The van der Waals surface area contributed by atoms with Crippen LogP contribution in [0.15, 0.2) is 70.7 Å². The van der Waals surface area contributed by atoms with Crippen LogP contribution >= 0.6 is 0 Å². The number of halogens is 2. The second-order valence-corrected chi connectivity index (χ2v) is 8.03. The van der Waals surface area contributed by atoms with Gasteiger partial charge in [-0.15, -0.1) is 0 Å². The normalized spacial score (nSPS) is 11.8. The molecule has 1 aromatic heterocycles. The Bertz CT molecular complexity index is 1190. The standard InChI is InChI=1S/C20H19F2N5O4S/c1-13-12-14(2)24-19(23-13)25-20(26-31-15-8-4-3-5-9-15)27-32(28,29)17-11-7-6-10-16(17)30-18(21)22/h3-12,18H,1-2H3,(H2,23,24,25,26,27). The van der Waals surface area contributed by atoms with Crippen LogP contribution in [0.4, 0.5) is 14.7 Å². The summed E-state index contributed by atoms with van der Waals surface area (Å²) in [5.41, 5.74) is 1.25. The molecule has 0 fully saturated rings. The SMILES string of the molecule is Cc1cc(C)nc(NC(=NOc2ccccc2)NS(=O)(=O)c2ccccc2OC(F)F)n1. The quantitative estimate of drug-likeness (QED) is 0.313. The third-order valence-corrected chi connectivity index (χ3v) is 5.16. The van der Waals surface area contributed by atoms with E-state index in [1.165, 1.54) is 12.1 Å². The first-order valence-electron chi connectivity index (χ1n) is 9.19. The van der Waals surface area contributed by atoms with Crippen LogP contribution in [0.25, 0.3) is 0 Å². The number of ether oxygens (including phenoxy) is 1. The lowest BCUT2D eigenvalue weighted by molar-refractivity contribution is -0.0517. The van der Waals surface area contributed by atoms with E-state index in [1.54, 1.807) is 50.2 Å². The Kier molecular flexibility index (Phi) is 7.15. The van der Waals surface area contributed by atoms with E-state index in [2.05, 4.69) is 29.9 Å².